The van der Waals surface area contributed by atoms with E-state index in [1.807, 2.05) is 7.05 Å². The van der Waals surface area contributed by atoms with Crippen molar-refractivity contribution in [2.75, 3.05) is 32.1 Å². The van der Waals surface area contributed by atoms with E-state index in [0.717, 1.165) is 12.8 Å². The number of rotatable bonds is 10. The number of nitrogens with zero attached hydrogens (tertiary/aromatic N) is 1. The standard InChI is InChI=1S/C13H30N2O2S/c1-5-6-7-8-9-13(2,12-14)15(3)10-11-18(4,16)17/h5-12,14H2,1-4H3. The highest BCUT2D eigenvalue weighted by molar-refractivity contribution is 7.90. The molecule has 0 spiro atoms. The lowest BCUT2D eigenvalue weighted by Crippen LogP contribution is -2.51. The Morgan fingerprint density at radius 3 is 2.28 bits per heavy atom. The molecule has 1 atom stereocenters. The van der Waals surface area contributed by atoms with Crippen LogP contribution in [-0.4, -0.2) is 51.0 Å². The van der Waals surface area contributed by atoms with Gasteiger partial charge in [0, 0.05) is 24.9 Å². The van der Waals surface area contributed by atoms with Crippen LogP contribution in [0.2, 0.25) is 0 Å². The molecule has 0 amide bonds. The second-order valence-corrected chi connectivity index (χ2v) is 7.82. The van der Waals surface area contributed by atoms with Crippen molar-refractivity contribution in [1.82, 2.24) is 4.90 Å². The summed E-state index contributed by atoms with van der Waals surface area (Å²) in [5, 5.41) is 0. The van der Waals surface area contributed by atoms with Gasteiger partial charge in [-0.25, -0.2) is 8.42 Å². The Kier molecular flexibility index (Phi) is 8.06. The molecule has 0 fully saturated rings. The van der Waals surface area contributed by atoms with Crippen molar-refractivity contribution in [3.05, 3.63) is 0 Å². The maximum atomic E-state index is 11.2. The fourth-order valence-electron chi connectivity index (χ4n) is 1.95. The molecule has 0 heterocycles. The molecule has 5 heteroatoms. The molecule has 0 aromatic carbocycles. The average molecular weight is 278 g/mol. The van der Waals surface area contributed by atoms with Gasteiger partial charge in [0.05, 0.1) is 5.75 Å². The molecule has 0 rings (SSSR count). The van der Waals surface area contributed by atoms with Crippen LogP contribution >= 0.6 is 0 Å². The van der Waals surface area contributed by atoms with Crippen LogP contribution in [0.15, 0.2) is 0 Å². The molecule has 0 radical (unpaired) electrons. The third-order valence-corrected chi connectivity index (χ3v) is 4.65. The fraction of sp³-hybridized carbons (Fsp3) is 1.00. The smallest absolute Gasteiger partial charge is 0.148 e. The molecule has 110 valence electrons. The summed E-state index contributed by atoms with van der Waals surface area (Å²) in [6.45, 7) is 5.45. The zero-order valence-electron chi connectivity index (χ0n) is 12.4. The average Bonchev–Trinajstić information content (AvgIpc) is 2.30. The van der Waals surface area contributed by atoms with Crippen molar-refractivity contribution in [2.45, 2.75) is 51.5 Å². The first-order valence-electron chi connectivity index (χ1n) is 6.84. The Morgan fingerprint density at radius 1 is 1.22 bits per heavy atom. The molecular weight excluding hydrogens is 248 g/mol. The summed E-state index contributed by atoms with van der Waals surface area (Å²) in [5.74, 6) is 0.202. The second kappa shape index (κ2) is 8.12. The van der Waals surface area contributed by atoms with Crippen LogP contribution in [0.25, 0.3) is 0 Å². The molecule has 0 aromatic rings. The van der Waals surface area contributed by atoms with Gasteiger partial charge in [-0.05, 0) is 20.4 Å². The van der Waals surface area contributed by atoms with E-state index in [1.165, 1.54) is 25.5 Å². The molecule has 1 unspecified atom stereocenters. The molecule has 0 aliphatic carbocycles. The molecular formula is C13H30N2O2S. The minimum Gasteiger partial charge on any atom is -0.329 e. The highest BCUT2D eigenvalue weighted by Crippen LogP contribution is 2.20. The van der Waals surface area contributed by atoms with Crippen LogP contribution in [-0.2, 0) is 9.84 Å². The summed E-state index contributed by atoms with van der Waals surface area (Å²) in [6.07, 6.45) is 7.18. The molecule has 2 N–H and O–H groups in total. The number of unbranched alkanes of at least 4 members (excludes halogenated alkanes) is 3. The lowest BCUT2D eigenvalue weighted by atomic mass is 9.92. The molecule has 0 saturated heterocycles. The highest BCUT2D eigenvalue weighted by atomic mass is 32.2. The van der Waals surface area contributed by atoms with Crippen LogP contribution in [0.5, 0.6) is 0 Å². The van der Waals surface area contributed by atoms with Gasteiger partial charge in [-0.3, -0.25) is 4.90 Å². The van der Waals surface area contributed by atoms with Crippen LogP contribution in [0, 0.1) is 0 Å². The lowest BCUT2D eigenvalue weighted by molar-refractivity contribution is 0.138. The third-order valence-electron chi connectivity index (χ3n) is 3.73. The van der Waals surface area contributed by atoms with E-state index in [2.05, 4.69) is 18.7 Å². The summed E-state index contributed by atoms with van der Waals surface area (Å²) >= 11 is 0. The van der Waals surface area contributed by atoms with Gasteiger partial charge in [0.2, 0.25) is 0 Å². The Labute approximate surface area is 113 Å². The maximum absolute atomic E-state index is 11.2. The van der Waals surface area contributed by atoms with Gasteiger partial charge in [-0.15, -0.1) is 0 Å². The van der Waals surface area contributed by atoms with Crippen LogP contribution in [0.3, 0.4) is 0 Å². The predicted octanol–water partition coefficient (Wildman–Crippen LogP) is 1.65. The highest BCUT2D eigenvalue weighted by Gasteiger charge is 2.27. The van der Waals surface area contributed by atoms with Crippen molar-refractivity contribution >= 4 is 9.84 Å². The second-order valence-electron chi connectivity index (χ2n) is 5.56. The normalized spacial score (nSPS) is 15.9. The number of nitrogens with two attached hydrogens (primary N) is 1. The van der Waals surface area contributed by atoms with Gasteiger partial charge in [-0.2, -0.15) is 0 Å². The molecule has 4 nitrogen and oxygen atoms in total. The number of hydrogen-bond acceptors (Lipinski definition) is 4. The van der Waals surface area contributed by atoms with Gasteiger partial charge in [-0.1, -0.05) is 32.6 Å². The van der Waals surface area contributed by atoms with Gasteiger partial charge in [0.25, 0.3) is 0 Å². The molecule has 18 heavy (non-hydrogen) atoms. The van der Waals surface area contributed by atoms with Gasteiger partial charge < -0.3 is 5.73 Å². The van der Waals surface area contributed by atoms with E-state index in [4.69, 9.17) is 5.73 Å². The monoisotopic (exact) mass is 278 g/mol. The Hall–Kier alpha value is -0.130. The van der Waals surface area contributed by atoms with Crippen molar-refractivity contribution in [3.8, 4) is 0 Å². The molecule has 0 bridgehead atoms. The minimum absolute atomic E-state index is 0.0849. The van der Waals surface area contributed by atoms with E-state index < -0.39 is 9.84 Å². The van der Waals surface area contributed by atoms with Crippen molar-refractivity contribution in [3.63, 3.8) is 0 Å². The van der Waals surface area contributed by atoms with Crippen molar-refractivity contribution < 1.29 is 8.42 Å². The summed E-state index contributed by atoms with van der Waals surface area (Å²) < 4.78 is 22.4. The van der Waals surface area contributed by atoms with Crippen LogP contribution < -0.4 is 5.73 Å². The Morgan fingerprint density at radius 2 is 1.83 bits per heavy atom. The maximum Gasteiger partial charge on any atom is 0.148 e. The topological polar surface area (TPSA) is 63.4 Å². The van der Waals surface area contributed by atoms with Crippen LogP contribution in [0.4, 0.5) is 0 Å². The first-order valence-corrected chi connectivity index (χ1v) is 8.90. The quantitative estimate of drug-likeness (QED) is 0.617. The largest absolute Gasteiger partial charge is 0.329 e. The van der Waals surface area contributed by atoms with Crippen molar-refractivity contribution in [2.24, 2.45) is 5.73 Å². The summed E-state index contributed by atoms with van der Waals surface area (Å²) in [6, 6.07) is 0. The summed E-state index contributed by atoms with van der Waals surface area (Å²) in [7, 11) is -0.929. The van der Waals surface area contributed by atoms with Crippen LogP contribution in [0.1, 0.15) is 46.0 Å². The molecule has 0 saturated carbocycles. The number of hydrogen-bond donors (Lipinski definition) is 1. The van der Waals surface area contributed by atoms with Gasteiger partial charge in [0.1, 0.15) is 9.84 Å². The SMILES string of the molecule is CCCCCCC(C)(CN)N(C)CCS(C)(=O)=O. The molecule has 0 aromatic heterocycles. The van der Waals surface area contributed by atoms with E-state index in [0.29, 0.717) is 13.1 Å². The van der Waals surface area contributed by atoms with E-state index in [-0.39, 0.29) is 11.3 Å². The van der Waals surface area contributed by atoms with E-state index in [1.54, 1.807) is 0 Å². The van der Waals surface area contributed by atoms with Gasteiger partial charge in [0.15, 0.2) is 0 Å². The zero-order chi connectivity index (χ0) is 14.2. The van der Waals surface area contributed by atoms with Crippen molar-refractivity contribution in [1.29, 1.82) is 0 Å². The first kappa shape index (κ1) is 17.9. The number of likely N-dealkylation sites (N-methyl/N-ethyl adjacent to an activating group) is 1. The first-order chi connectivity index (χ1) is 8.25. The summed E-state index contributed by atoms with van der Waals surface area (Å²) in [4.78, 5) is 2.10. The molecule has 0 aliphatic rings. The van der Waals surface area contributed by atoms with E-state index >= 15 is 0 Å². The minimum atomic E-state index is -2.90. The molecule has 0 aliphatic heterocycles. The lowest BCUT2D eigenvalue weighted by Gasteiger charge is -2.38. The van der Waals surface area contributed by atoms with E-state index in [9.17, 15) is 8.42 Å². The zero-order valence-corrected chi connectivity index (χ0v) is 13.2. The Bertz CT molecular complexity index is 317. The van der Waals surface area contributed by atoms with Gasteiger partial charge >= 0.3 is 0 Å². The fourth-order valence-corrected chi connectivity index (χ4v) is 2.56. The number of sulfone groups is 1. The Balaban J connectivity index is 4.25. The predicted molar refractivity (Wildman–Crippen MR) is 78.6 cm³/mol. The third kappa shape index (κ3) is 7.34. The summed E-state index contributed by atoms with van der Waals surface area (Å²) in [5.41, 5.74) is 5.79.